The standard InChI is InChI=1S/C21H25ClN2O5S/c1-15(23-20(25)18-10-4-5-11-19(18)22)21(26)24(2)12-7-13-29-16-8-6-9-17(14-16)30(3,27)28/h4-6,8-11,14-15H,7,12-13H2,1-3H3,(H,23,25). The largest absolute Gasteiger partial charge is 0.493 e. The Morgan fingerprint density at radius 1 is 1.17 bits per heavy atom. The third-order valence-electron chi connectivity index (χ3n) is 4.35. The number of hydrogen-bond donors (Lipinski definition) is 1. The highest BCUT2D eigenvalue weighted by Crippen LogP contribution is 2.17. The number of rotatable bonds is 9. The van der Waals surface area contributed by atoms with Gasteiger partial charge < -0.3 is 15.0 Å². The molecule has 0 aromatic heterocycles. The zero-order chi connectivity index (χ0) is 22.3. The van der Waals surface area contributed by atoms with Crippen LogP contribution in [-0.2, 0) is 14.6 Å². The summed E-state index contributed by atoms with van der Waals surface area (Å²) in [5.41, 5.74) is 0.311. The number of ether oxygens (including phenoxy) is 1. The lowest BCUT2D eigenvalue weighted by Gasteiger charge is -2.22. The average Bonchev–Trinajstić information content (AvgIpc) is 2.70. The van der Waals surface area contributed by atoms with Crippen LogP contribution < -0.4 is 10.1 Å². The van der Waals surface area contributed by atoms with Crippen LogP contribution in [0.2, 0.25) is 5.02 Å². The fraction of sp³-hybridized carbons (Fsp3) is 0.333. The van der Waals surface area contributed by atoms with Crippen LogP contribution in [0.4, 0.5) is 0 Å². The van der Waals surface area contributed by atoms with Crippen LogP contribution in [0.3, 0.4) is 0 Å². The Kier molecular flexibility index (Phi) is 8.25. The van der Waals surface area contributed by atoms with E-state index in [0.717, 1.165) is 6.26 Å². The van der Waals surface area contributed by atoms with Crippen molar-refractivity contribution >= 4 is 33.3 Å². The molecule has 0 spiro atoms. The summed E-state index contributed by atoms with van der Waals surface area (Å²) >= 11 is 6.01. The minimum atomic E-state index is -3.30. The van der Waals surface area contributed by atoms with Crippen molar-refractivity contribution in [2.24, 2.45) is 0 Å². The predicted molar refractivity (Wildman–Crippen MR) is 116 cm³/mol. The van der Waals surface area contributed by atoms with Crippen molar-refractivity contribution in [3.8, 4) is 5.75 Å². The fourth-order valence-electron chi connectivity index (χ4n) is 2.71. The van der Waals surface area contributed by atoms with Crippen molar-refractivity contribution in [3.05, 3.63) is 59.1 Å². The molecule has 0 aliphatic carbocycles. The maximum Gasteiger partial charge on any atom is 0.253 e. The van der Waals surface area contributed by atoms with E-state index in [2.05, 4.69) is 5.32 Å². The molecule has 1 unspecified atom stereocenters. The zero-order valence-corrected chi connectivity index (χ0v) is 18.7. The van der Waals surface area contributed by atoms with Gasteiger partial charge in [-0.25, -0.2) is 8.42 Å². The van der Waals surface area contributed by atoms with Crippen molar-refractivity contribution in [2.75, 3.05) is 26.5 Å². The quantitative estimate of drug-likeness (QED) is 0.590. The van der Waals surface area contributed by atoms with Gasteiger partial charge in [-0.1, -0.05) is 29.8 Å². The fourth-order valence-corrected chi connectivity index (χ4v) is 3.59. The average molecular weight is 453 g/mol. The maximum absolute atomic E-state index is 12.5. The van der Waals surface area contributed by atoms with E-state index in [4.69, 9.17) is 16.3 Å². The van der Waals surface area contributed by atoms with Crippen LogP contribution in [0.1, 0.15) is 23.7 Å². The lowest BCUT2D eigenvalue weighted by molar-refractivity contribution is -0.131. The van der Waals surface area contributed by atoms with Crippen LogP contribution in [0.15, 0.2) is 53.4 Å². The first-order chi connectivity index (χ1) is 14.1. The van der Waals surface area contributed by atoms with Gasteiger partial charge in [0.2, 0.25) is 5.91 Å². The first-order valence-electron chi connectivity index (χ1n) is 9.33. The smallest absolute Gasteiger partial charge is 0.253 e. The number of carbonyl (C=O) groups excluding carboxylic acids is 2. The Morgan fingerprint density at radius 3 is 2.53 bits per heavy atom. The molecule has 0 aliphatic rings. The number of carbonyl (C=O) groups is 2. The number of nitrogens with zero attached hydrogens (tertiary/aromatic N) is 1. The molecule has 0 aliphatic heterocycles. The summed E-state index contributed by atoms with van der Waals surface area (Å²) in [5, 5.41) is 2.97. The number of likely N-dealkylation sites (N-methyl/N-ethyl adjacent to an activating group) is 1. The van der Waals surface area contributed by atoms with Crippen molar-refractivity contribution in [2.45, 2.75) is 24.3 Å². The number of halogens is 1. The predicted octanol–water partition coefficient (Wildman–Crippen LogP) is 2.79. The van der Waals surface area contributed by atoms with Gasteiger partial charge >= 0.3 is 0 Å². The first-order valence-corrected chi connectivity index (χ1v) is 11.6. The van der Waals surface area contributed by atoms with Gasteiger partial charge in [-0.15, -0.1) is 0 Å². The highest BCUT2D eigenvalue weighted by atomic mass is 35.5. The third kappa shape index (κ3) is 6.74. The zero-order valence-electron chi connectivity index (χ0n) is 17.1. The Labute approximate surface area is 181 Å². The number of nitrogens with one attached hydrogen (secondary N) is 1. The second-order valence-corrected chi connectivity index (χ2v) is 9.31. The summed E-state index contributed by atoms with van der Waals surface area (Å²) in [6, 6.07) is 12.2. The molecule has 0 saturated heterocycles. The van der Waals surface area contributed by atoms with Gasteiger partial charge in [0.1, 0.15) is 11.8 Å². The minimum absolute atomic E-state index is 0.190. The van der Waals surface area contributed by atoms with Crippen LogP contribution in [0.25, 0.3) is 0 Å². The summed E-state index contributed by atoms with van der Waals surface area (Å²) in [6.07, 6.45) is 1.68. The molecule has 1 N–H and O–H groups in total. The van der Waals surface area contributed by atoms with Crippen LogP contribution in [-0.4, -0.2) is 57.6 Å². The van der Waals surface area contributed by atoms with Crippen molar-refractivity contribution in [1.82, 2.24) is 10.2 Å². The second kappa shape index (κ2) is 10.4. The highest BCUT2D eigenvalue weighted by Gasteiger charge is 2.21. The molecule has 0 heterocycles. The SMILES string of the molecule is CC(NC(=O)c1ccccc1Cl)C(=O)N(C)CCCOc1cccc(S(C)(=O)=O)c1. The van der Waals surface area contributed by atoms with E-state index < -0.39 is 21.8 Å². The third-order valence-corrected chi connectivity index (χ3v) is 5.79. The Bertz CT molecular complexity index is 1010. The van der Waals surface area contributed by atoms with Crippen LogP contribution in [0.5, 0.6) is 5.75 Å². The van der Waals surface area contributed by atoms with E-state index in [1.807, 2.05) is 0 Å². The number of benzene rings is 2. The molecule has 2 aromatic rings. The Morgan fingerprint density at radius 2 is 1.87 bits per heavy atom. The van der Waals surface area contributed by atoms with Gasteiger partial charge in [-0.2, -0.15) is 0 Å². The summed E-state index contributed by atoms with van der Waals surface area (Å²) in [6.45, 7) is 2.34. The molecule has 0 radical (unpaired) electrons. The molecule has 2 rings (SSSR count). The molecule has 2 amide bonds. The van der Waals surface area contributed by atoms with Gasteiger partial charge in [0.15, 0.2) is 9.84 Å². The first kappa shape index (κ1) is 23.7. The maximum atomic E-state index is 12.5. The van der Waals surface area contributed by atoms with E-state index in [-0.39, 0.29) is 10.8 Å². The van der Waals surface area contributed by atoms with Crippen molar-refractivity contribution in [3.63, 3.8) is 0 Å². The van der Waals surface area contributed by atoms with Crippen molar-refractivity contribution < 1.29 is 22.7 Å². The van der Waals surface area contributed by atoms with E-state index in [0.29, 0.717) is 35.9 Å². The monoisotopic (exact) mass is 452 g/mol. The molecule has 7 nitrogen and oxygen atoms in total. The molecule has 0 saturated carbocycles. The van der Waals surface area contributed by atoms with Gasteiger partial charge in [0.25, 0.3) is 5.91 Å². The highest BCUT2D eigenvalue weighted by molar-refractivity contribution is 7.90. The van der Waals surface area contributed by atoms with Gasteiger partial charge in [-0.05, 0) is 43.7 Å². The molecule has 1 atom stereocenters. The number of hydrogen-bond acceptors (Lipinski definition) is 5. The van der Waals surface area contributed by atoms with Gasteiger partial charge in [0, 0.05) is 19.8 Å². The summed E-state index contributed by atoms with van der Waals surface area (Å²) < 4.78 is 28.8. The molecular weight excluding hydrogens is 428 g/mol. The second-order valence-electron chi connectivity index (χ2n) is 6.88. The summed E-state index contributed by atoms with van der Waals surface area (Å²) in [7, 11) is -1.66. The van der Waals surface area contributed by atoms with E-state index in [1.54, 1.807) is 50.4 Å². The molecule has 9 heteroatoms. The molecular formula is C21H25ClN2O5S. The molecule has 0 fully saturated rings. The lowest BCUT2D eigenvalue weighted by Crippen LogP contribution is -2.46. The topological polar surface area (TPSA) is 92.8 Å². The lowest BCUT2D eigenvalue weighted by atomic mass is 10.2. The Balaban J connectivity index is 1.80. The van der Waals surface area contributed by atoms with Gasteiger partial charge in [-0.3, -0.25) is 9.59 Å². The minimum Gasteiger partial charge on any atom is -0.493 e. The molecule has 2 aromatic carbocycles. The van der Waals surface area contributed by atoms with Crippen molar-refractivity contribution in [1.29, 1.82) is 0 Å². The van der Waals surface area contributed by atoms with Crippen LogP contribution in [0, 0.1) is 0 Å². The van der Waals surface area contributed by atoms with E-state index >= 15 is 0 Å². The summed E-state index contributed by atoms with van der Waals surface area (Å²) in [5.74, 6) is -0.203. The number of amides is 2. The summed E-state index contributed by atoms with van der Waals surface area (Å²) in [4.78, 5) is 26.5. The molecule has 30 heavy (non-hydrogen) atoms. The Hall–Kier alpha value is -2.58. The number of sulfone groups is 1. The van der Waals surface area contributed by atoms with E-state index in [9.17, 15) is 18.0 Å². The molecule has 162 valence electrons. The normalized spacial score (nSPS) is 12.1. The van der Waals surface area contributed by atoms with Gasteiger partial charge in [0.05, 0.1) is 22.1 Å². The molecule has 0 bridgehead atoms. The van der Waals surface area contributed by atoms with Crippen LogP contribution >= 0.6 is 11.6 Å². The van der Waals surface area contributed by atoms with E-state index in [1.165, 1.54) is 17.0 Å².